The Morgan fingerprint density at radius 3 is 2.58 bits per heavy atom. The first-order valence-corrected chi connectivity index (χ1v) is 10.8. The average molecular weight is 450 g/mol. The van der Waals surface area contributed by atoms with Crippen molar-refractivity contribution < 1.29 is 9.84 Å². The zero-order valence-electron chi connectivity index (χ0n) is 18.6. The fraction of sp³-hybridized carbons (Fsp3) is 0.292. The summed E-state index contributed by atoms with van der Waals surface area (Å²) >= 11 is 0. The van der Waals surface area contributed by atoms with Crippen molar-refractivity contribution in [1.82, 2.24) is 19.1 Å². The van der Waals surface area contributed by atoms with Gasteiger partial charge in [0.15, 0.2) is 11.2 Å². The van der Waals surface area contributed by atoms with Crippen LogP contribution in [0.25, 0.3) is 11.2 Å². The lowest BCUT2D eigenvalue weighted by Crippen LogP contribution is -2.31. The summed E-state index contributed by atoms with van der Waals surface area (Å²) < 4.78 is 8.57. The van der Waals surface area contributed by atoms with Gasteiger partial charge in [0.2, 0.25) is 5.95 Å². The highest BCUT2D eigenvalue weighted by Crippen LogP contribution is 2.17. The first kappa shape index (κ1) is 22.3. The molecule has 9 heteroatoms. The highest BCUT2D eigenvalue weighted by molar-refractivity contribution is 5.74. The van der Waals surface area contributed by atoms with Crippen molar-refractivity contribution in [3.05, 3.63) is 86.6 Å². The molecule has 0 aliphatic heterocycles. The van der Waals surface area contributed by atoms with Crippen LogP contribution in [0.3, 0.4) is 0 Å². The number of aromatic amines is 1. The maximum atomic E-state index is 12.6. The van der Waals surface area contributed by atoms with Crippen LogP contribution in [-0.4, -0.2) is 43.5 Å². The van der Waals surface area contributed by atoms with E-state index in [1.807, 2.05) is 61.5 Å². The second-order valence-electron chi connectivity index (χ2n) is 7.98. The number of imidazole rings is 1. The van der Waals surface area contributed by atoms with E-state index in [-0.39, 0.29) is 24.3 Å². The quantitative estimate of drug-likeness (QED) is 0.359. The normalized spacial score (nSPS) is 12.1. The molecule has 2 heterocycles. The van der Waals surface area contributed by atoms with Crippen LogP contribution in [0.4, 0.5) is 5.95 Å². The third-order valence-corrected chi connectivity index (χ3v) is 5.40. The highest BCUT2D eigenvalue weighted by atomic mass is 16.5. The Hall–Kier alpha value is -3.85. The van der Waals surface area contributed by atoms with E-state index < -0.39 is 17.4 Å². The van der Waals surface area contributed by atoms with Crippen LogP contribution >= 0.6 is 0 Å². The van der Waals surface area contributed by atoms with Gasteiger partial charge in [0.25, 0.3) is 5.56 Å². The predicted molar refractivity (Wildman–Crippen MR) is 127 cm³/mol. The third-order valence-electron chi connectivity index (χ3n) is 5.40. The summed E-state index contributed by atoms with van der Waals surface area (Å²) in [6.45, 7) is 2.66. The molecule has 0 aliphatic rings. The minimum absolute atomic E-state index is 0.0376. The number of nitrogens with zero attached hydrogens (tertiary/aromatic N) is 3. The van der Waals surface area contributed by atoms with Gasteiger partial charge in [0.1, 0.15) is 18.5 Å². The molecule has 0 unspecified atom stereocenters. The fourth-order valence-corrected chi connectivity index (χ4v) is 3.60. The summed E-state index contributed by atoms with van der Waals surface area (Å²) in [6, 6.07) is 17.5. The molecule has 3 N–H and O–H groups in total. The molecule has 33 heavy (non-hydrogen) atoms. The molecule has 0 radical (unpaired) electrons. The monoisotopic (exact) mass is 449 g/mol. The van der Waals surface area contributed by atoms with Gasteiger partial charge in [-0.25, -0.2) is 4.79 Å². The van der Waals surface area contributed by atoms with Crippen LogP contribution in [0.15, 0.2) is 64.2 Å². The summed E-state index contributed by atoms with van der Waals surface area (Å²) in [5.41, 5.74) is 1.64. The number of aromatic nitrogens is 4. The number of aryl methyl sites for hydroxylation is 2. The SMILES string of the molecule is Cc1ccc(OC[C@H](O)Cn2c(NCCc3ccccc3)nc3c2c(=O)[nH]c(=O)n3C)cc1. The number of benzene rings is 2. The lowest BCUT2D eigenvalue weighted by atomic mass is 10.1. The number of rotatable bonds is 9. The summed E-state index contributed by atoms with van der Waals surface area (Å²) in [6.07, 6.45) is -0.159. The fourth-order valence-electron chi connectivity index (χ4n) is 3.60. The van der Waals surface area contributed by atoms with Gasteiger partial charge in [-0.1, -0.05) is 48.0 Å². The van der Waals surface area contributed by atoms with E-state index in [1.54, 1.807) is 11.6 Å². The van der Waals surface area contributed by atoms with E-state index in [9.17, 15) is 14.7 Å². The summed E-state index contributed by atoms with van der Waals surface area (Å²) in [7, 11) is 1.54. The van der Waals surface area contributed by atoms with E-state index >= 15 is 0 Å². The zero-order chi connectivity index (χ0) is 23.4. The van der Waals surface area contributed by atoms with E-state index in [0.29, 0.717) is 18.2 Å². The second-order valence-corrected chi connectivity index (χ2v) is 7.98. The van der Waals surface area contributed by atoms with Gasteiger partial charge in [0, 0.05) is 13.6 Å². The van der Waals surface area contributed by atoms with Crippen LogP contribution < -0.4 is 21.3 Å². The predicted octanol–water partition coefficient (Wildman–Crippen LogP) is 1.83. The van der Waals surface area contributed by atoms with Gasteiger partial charge in [-0.05, 0) is 31.0 Å². The Balaban J connectivity index is 1.56. The Kier molecular flexibility index (Phi) is 6.60. The van der Waals surface area contributed by atoms with Crippen molar-refractivity contribution in [2.75, 3.05) is 18.5 Å². The molecular formula is C24H27N5O4. The largest absolute Gasteiger partial charge is 0.491 e. The molecule has 0 spiro atoms. The molecule has 9 nitrogen and oxygen atoms in total. The molecule has 4 aromatic rings. The van der Waals surface area contributed by atoms with Gasteiger partial charge in [-0.15, -0.1) is 0 Å². The molecule has 0 amide bonds. The standard InChI is InChI=1S/C24H27N5O4/c1-16-8-10-19(11-9-16)33-15-18(30)14-29-20-21(28(2)24(32)27-22(20)31)26-23(29)25-13-12-17-6-4-3-5-7-17/h3-11,18,30H,12-15H2,1-2H3,(H,25,26)(H,27,31,32)/t18-/m1/s1. The average Bonchev–Trinajstić information content (AvgIpc) is 3.16. The van der Waals surface area contributed by atoms with Gasteiger partial charge in [-0.3, -0.25) is 14.3 Å². The number of hydrogen-bond donors (Lipinski definition) is 3. The Labute approximate surface area is 190 Å². The first-order valence-electron chi connectivity index (χ1n) is 10.8. The van der Waals surface area contributed by atoms with Crippen molar-refractivity contribution in [3.63, 3.8) is 0 Å². The van der Waals surface area contributed by atoms with Gasteiger partial charge >= 0.3 is 5.69 Å². The Morgan fingerprint density at radius 1 is 1.12 bits per heavy atom. The lowest BCUT2D eigenvalue weighted by Gasteiger charge is -2.16. The zero-order valence-corrected chi connectivity index (χ0v) is 18.6. The molecule has 0 bridgehead atoms. The third kappa shape index (κ3) is 5.15. The number of hydrogen-bond acceptors (Lipinski definition) is 6. The maximum absolute atomic E-state index is 12.6. The molecule has 1 atom stereocenters. The number of aliphatic hydroxyl groups is 1. The summed E-state index contributed by atoms with van der Waals surface area (Å²) in [5.74, 6) is 1.05. The molecule has 4 rings (SSSR count). The lowest BCUT2D eigenvalue weighted by molar-refractivity contribution is 0.0938. The molecule has 0 aliphatic carbocycles. The van der Waals surface area contributed by atoms with Crippen LogP contribution in [0.5, 0.6) is 5.75 Å². The Bertz CT molecular complexity index is 1340. The van der Waals surface area contributed by atoms with Crippen LogP contribution in [-0.2, 0) is 20.0 Å². The molecule has 2 aromatic carbocycles. The number of fused-ring (bicyclic) bond motifs is 1. The first-order chi connectivity index (χ1) is 15.9. The van der Waals surface area contributed by atoms with Gasteiger partial charge in [-0.2, -0.15) is 4.98 Å². The van der Waals surface area contributed by atoms with Gasteiger partial charge < -0.3 is 19.7 Å². The minimum atomic E-state index is -0.907. The van der Waals surface area contributed by atoms with Crippen molar-refractivity contribution in [2.45, 2.75) is 26.0 Å². The van der Waals surface area contributed by atoms with E-state index in [1.165, 1.54) is 4.57 Å². The number of H-pyrrole nitrogens is 1. The van der Waals surface area contributed by atoms with Crippen LogP contribution in [0.1, 0.15) is 11.1 Å². The number of nitrogens with one attached hydrogen (secondary N) is 2. The molecule has 2 aromatic heterocycles. The van der Waals surface area contributed by atoms with Crippen LogP contribution in [0.2, 0.25) is 0 Å². The van der Waals surface area contributed by atoms with E-state index in [0.717, 1.165) is 17.5 Å². The summed E-state index contributed by atoms with van der Waals surface area (Å²) in [5, 5.41) is 13.9. The molecular weight excluding hydrogens is 422 g/mol. The second kappa shape index (κ2) is 9.74. The maximum Gasteiger partial charge on any atom is 0.329 e. The Morgan fingerprint density at radius 2 is 1.85 bits per heavy atom. The van der Waals surface area contributed by atoms with Crippen molar-refractivity contribution >= 4 is 17.1 Å². The molecule has 0 saturated heterocycles. The van der Waals surface area contributed by atoms with Gasteiger partial charge in [0.05, 0.1) is 6.54 Å². The highest BCUT2D eigenvalue weighted by Gasteiger charge is 2.20. The molecule has 0 saturated carbocycles. The van der Waals surface area contributed by atoms with E-state index in [2.05, 4.69) is 15.3 Å². The summed E-state index contributed by atoms with van der Waals surface area (Å²) in [4.78, 5) is 31.4. The molecule has 0 fully saturated rings. The van der Waals surface area contributed by atoms with Crippen molar-refractivity contribution in [2.24, 2.45) is 7.05 Å². The van der Waals surface area contributed by atoms with Crippen molar-refractivity contribution in [3.8, 4) is 5.75 Å². The molecule has 172 valence electrons. The number of anilines is 1. The smallest absolute Gasteiger partial charge is 0.329 e. The number of ether oxygens (including phenoxy) is 1. The van der Waals surface area contributed by atoms with Crippen LogP contribution in [0, 0.1) is 6.92 Å². The van der Waals surface area contributed by atoms with E-state index in [4.69, 9.17) is 4.74 Å². The minimum Gasteiger partial charge on any atom is -0.491 e. The number of aliphatic hydroxyl groups excluding tert-OH is 1. The topological polar surface area (TPSA) is 114 Å². The van der Waals surface area contributed by atoms with Crippen molar-refractivity contribution in [1.29, 1.82) is 0 Å².